The van der Waals surface area contributed by atoms with E-state index in [2.05, 4.69) is 10.3 Å². The molecule has 2 aliphatic rings. The van der Waals surface area contributed by atoms with Gasteiger partial charge in [0.1, 0.15) is 23.9 Å². The lowest BCUT2D eigenvalue weighted by Crippen LogP contribution is -2.38. The topological polar surface area (TPSA) is 112 Å². The second-order valence-electron chi connectivity index (χ2n) is 8.16. The van der Waals surface area contributed by atoms with Crippen LogP contribution in [-0.4, -0.2) is 56.5 Å². The molecule has 1 amide bonds. The Labute approximate surface area is 219 Å². The van der Waals surface area contributed by atoms with E-state index < -0.39 is 12.0 Å². The molecule has 1 N–H and O–H groups in total. The van der Waals surface area contributed by atoms with Gasteiger partial charge in [-0.2, -0.15) is 0 Å². The number of rotatable bonds is 11. The highest BCUT2D eigenvalue weighted by atomic mass is 32.2. The number of amides is 1. The molecule has 0 spiro atoms. The second kappa shape index (κ2) is 12.0. The van der Waals surface area contributed by atoms with Gasteiger partial charge in [0, 0.05) is 24.4 Å². The highest BCUT2D eigenvalue weighted by Gasteiger charge is 2.42. The summed E-state index contributed by atoms with van der Waals surface area (Å²) in [6, 6.07) is 8.33. The summed E-state index contributed by atoms with van der Waals surface area (Å²) in [4.78, 5) is 32.7. The SMILES string of the molecule is COCCOC(=O)C1=C(C)N=C2SC=C(CC(=O)NCc3ccco3)N2C1c1ccc(OC)cc1OC. The van der Waals surface area contributed by atoms with Crippen LogP contribution in [-0.2, 0) is 25.6 Å². The number of nitrogens with one attached hydrogen (secondary N) is 1. The fraction of sp³-hybridized carbons (Fsp3) is 0.346. The third-order valence-corrected chi connectivity index (χ3v) is 6.75. The molecule has 0 bridgehead atoms. The van der Waals surface area contributed by atoms with Gasteiger partial charge in [0.05, 0.1) is 57.4 Å². The van der Waals surface area contributed by atoms with E-state index in [1.54, 1.807) is 51.7 Å². The Bertz CT molecular complexity index is 1240. The summed E-state index contributed by atoms with van der Waals surface area (Å²) in [6.07, 6.45) is 1.63. The summed E-state index contributed by atoms with van der Waals surface area (Å²) in [5.74, 6) is 1.08. The lowest BCUT2D eigenvalue weighted by Gasteiger charge is -2.36. The van der Waals surface area contributed by atoms with E-state index in [1.165, 1.54) is 18.9 Å². The number of esters is 1. The van der Waals surface area contributed by atoms with Gasteiger partial charge in [0.15, 0.2) is 5.17 Å². The molecule has 2 aliphatic heterocycles. The van der Waals surface area contributed by atoms with Gasteiger partial charge in [-0.15, -0.1) is 0 Å². The number of hydrogen-bond donors (Lipinski definition) is 1. The first-order valence-corrected chi connectivity index (χ1v) is 12.5. The monoisotopic (exact) mass is 527 g/mol. The van der Waals surface area contributed by atoms with Crippen molar-refractivity contribution in [3.8, 4) is 11.5 Å². The molecule has 1 unspecified atom stereocenters. The molecule has 10 nitrogen and oxygen atoms in total. The van der Waals surface area contributed by atoms with Crippen molar-refractivity contribution in [1.82, 2.24) is 10.2 Å². The number of furan rings is 1. The number of benzene rings is 1. The number of hydrogen-bond acceptors (Lipinski definition) is 10. The van der Waals surface area contributed by atoms with Crippen molar-refractivity contribution in [3.05, 3.63) is 70.3 Å². The van der Waals surface area contributed by atoms with Gasteiger partial charge in [-0.25, -0.2) is 9.79 Å². The van der Waals surface area contributed by atoms with Crippen LogP contribution in [0.4, 0.5) is 0 Å². The molecule has 0 saturated heterocycles. The molecule has 1 aromatic carbocycles. The number of carbonyl (C=O) groups is 2. The molecular weight excluding hydrogens is 498 g/mol. The van der Waals surface area contributed by atoms with Crippen LogP contribution in [0.25, 0.3) is 0 Å². The number of allylic oxidation sites excluding steroid dienone is 1. The van der Waals surface area contributed by atoms with Crippen molar-refractivity contribution in [3.63, 3.8) is 0 Å². The largest absolute Gasteiger partial charge is 0.497 e. The lowest BCUT2D eigenvalue weighted by atomic mass is 9.93. The standard InChI is InChI=1S/C26H29N3O7S/c1-16-23(25(31)36-11-10-32-2)24(20-8-7-18(33-3)13-21(20)34-4)29-17(15-37-26(29)28-16)12-22(30)27-14-19-6-5-9-35-19/h5-9,13,15,24H,10-12,14H2,1-4H3,(H,27,30). The maximum absolute atomic E-state index is 13.3. The molecular formula is C26H29N3O7S. The number of fused-ring (bicyclic) bond motifs is 1. The molecule has 4 rings (SSSR count). The Morgan fingerprint density at radius 2 is 2.00 bits per heavy atom. The highest BCUT2D eigenvalue weighted by Crippen LogP contribution is 2.47. The quantitative estimate of drug-likeness (QED) is 0.345. The zero-order chi connectivity index (χ0) is 26.4. The third kappa shape index (κ3) is 5.83. The van der Waals surface area contributed by atoms with Crippen LogP contribution in [0.1, 0.15) is 30.7 Å². The molecule has 11 heteroatoms. The Morgan fingerprint density at radius 3 is 2.70 bits per heavy atom. The van der Waals surface area contributed by atoms with Crippen LogP contribution in [0.5, 0.6) is 11.5 Å². The maximum Gasteiger partial charge on any atom is 0.338 e. The van der Waals surface area contributed by atoms with Crippen molar-refractivity contribution >= 4 is 28.8 Å². The molecule has 1 atom stereocenters. The second-order valence-corrected chi connectivity index (χ2v) is 9.00. The van der Waals surface area contributed by atoms with Crippen molar-refractivity contribution in [2.75, 3.05) is 34.5 Å². The molecule has 0 saturated carbocycles. The fourth-order valence-corrected chi connectivity index (χ4v) is 5.05. The van der Waals surface area contributed by atoms with Crippen molar-refractivity contribution in [2.24, 2.45) is 4.99 Å². The van der Waals surface area contributed by atoms with Gasteiger partial charge in [0.25, 0.3) is 0 Å². The molecule has 1 aromatic heterocycles. The fourth-order valence-electron chi connectivity index (χ4n) is 4.09. The van der Waals surface area contributed by atoms with Crippen LogP contribution in [0.15, 0.2) is 68.4 Å². The van der Waals surface area contributed by atoms with Crippen LogP contribution in [0.2, 0.25) is 0 Å². The predicted octanol–water partition coefficient (Wildman–Crippen LogP) is 3.77. The van der Waals surface area contributed by atoms with Crippen molar-refractivity contribution in [1.29, 1.82) is 0 Å². The number of thioether (sulfide) groups is 1. The van der Waals surface area contributed by atoms with E-state index in [1.807, 2.05) is 16.4 Å². The molecule has 0 aliphatic carbocycles. The first-order valence-electron chi connectivity index (χ1n) is 11.6. The molecule has 3 heterocycles. The zero-order valence-corrected chi connectivity index (χ0v) is 21.9. The number of methoxy groups -OCH3 is 3. The summed E-state index contributed by atoms with van der Waals surface area (Å²) in [5, 5.41) is 5.40. The maximum atomic E-state index is 13.3. The Balaban J connectivity index is 1.68. The van der Waals surface area contributed by atoms with Gasteiger partial charge >= 0.3 is 5.97 Å². The van der Waals surface area contributed by atoms with E-state index in [9.17, 15) is 9.59 Å². The van der Waals surface area contributed by atoms with Crippen molar-refractivity contribution < 1.29 is 33.0 Å². The molecule has 37 heavy (non-hydrogen) atoms. The number of nitrogens with zero attached hydrogens (tertiary/aromatic N) is 2. The molecule has 0 radical (unpaired) electrons. The Kier molecular flexibility index (Phi) is 8.57. The van der Waals surface area contributed by atoms with Crippen LogP contribution < -0.4 is 14.8 Å². The van der Waals surface area contributed by atoms with Gasteiger partial charge in [-0.05, 0) is 36.6 Å². The summed E-state index contributed by atoms with van der Waals surface area (Å²) in [5.41, 5.74) is 2.28. The summed E-state index contributed by atoms with van der Waals surface area (Å²) < 4.78 is 26.9. The van der Waals surface area contributed by atoms with Crippen molar-refractivity contribution in [2.45, 2.75) is 25.9 Å². The highest BCUT2D eigenvalue weighted by molar-refractivity contribution is 8.16. The van der Waals surface area contributed by atoms with E-state index in [0.717, 1.165) is 0 Å². The van der Waals surface area contributed by atoms with E-state index in [-0.39, 0.29) is 32.1 Å². The third-order valence-electron chi connectivity index (χ3n) is 5.86. The Hall–Kier alpha value is -3.70. The number of ether oxygens (including phenoxy) is 4. The average molecular weight is 528 g/mol. The minimum Gasteiger partial charge on any atom is -0.497 e. The van der Waals surface area contributed by atoms with Crippen LogP contribution in [0, 0.1) is 0 Å². The minimum atomic E-state index is -0.637. The normalized spacial score (nSPS) is 16.6. The predicted molar refractivity (Wildman–Crippen MR) is 138 cm³/mol. The van der Waals surface area contributed by atoms with E-state index in [0.29, 0.717) is 45.0 Å². The van der Waals surface area contributed by atoms with Gasteiger partial charge in [-0.3, -0.25) is 4.79 Å². The summed E-state index contributed by atoms with van der Waals surface area (Å²) in [7, 11) is 4.67. The first-order chi connectivity index (χ1) is 18.0. The number of amidine groups is 1. The average Bonchev–Trinajstić information content (AvgIpc) is 3.56. The van der Waals surface area contributed by atoms with Gasteiger partial charge < -0.3 is 33.6 Å². The zero-order valence-electron chi connectivity index (χ0n) is 21.1. The van der Waals surface area contributed by atoms with E-state index >= 15 is 0 Å². The van der Waals surface area contributed by atoms with Crippen LogP contribution >= 0.6 is 11.8 Å². The number of aliphatic imine (C=N–C) groups is 1. The lowest BCUT2D eigenvalue weighted by molar-refractivity contribution is -0.141. The molecule has 0 fully saturated rings. The van der Waals surface area contributed by atoms with Gasteiger partial charge in [-0.1, -0.05) is 11.8 Å². The number of carbonyl (C=O) groups excluding carboxylic acids is 2. The molecule has 2 aromatic rings. The summed E-state index contributed by atoms with van der Waals surface area (Å²) >= 11 is 1.39. The van der Waals surface area contributed by atoms with Gasteiger partial charge in [0.2, 0.25) is 5.91 Å². The minimum absolute atomic E-state index is 0.0761. The van der Waals surface area contributed by atoms with Crippen LogP contribution in [0.3, 0.4) is 0 Å². The first kappa shape index (κ1) is 26.4. The smallest absolute Gasteiger partial charge is 0.338 e. The Morgan fingerprint density at radius 1 is 1.16 bits per heavy atom. The summed E-state index contributed by atoms with van der Waals surface area (Å²) in [6.45, 7) is 2.42. The molecule has 196 valence electrons. The van der Waals surface area contributed by atoms with E-state index in [4.69, 9.17) is 23.4 Å².